The van der Waals surface area contributed by atoms with Crippen LogP contribution in [0.3, 0.4) is 0 Å². The molecule has 0 atom stereocenters. The molecule has 0 aromatic heterocycles. The van der Waals surface area contributed by atoms with Crippen molar-refractivity contribution in [2.45, 2.75) is 45.1 Å². The molecule has 0 unspecified atom stereocenters. The van der Waals surface area contributed by atoms with Crippen molar-refractivity contribution in [2.24, 2.45) is 0 Å². The lowest BCUT2D eigenvalue weighted by Gasteiger charge is -2.25. The number of ether oxygens (including phenoxy) is 4. The zero-order valence-electron chi connectivity index (χ0n) is 26.1. The van der Waals surface area contributed by atoms with Gasteiger partial charge in [0.1, 0.15) is 24.0 Å². The molecule has 0 saturated heterocycles. The maximum absolute atomic E-state index is 12.6. The SMILES string of the molecule is CN1COc2ccc(C(=O)Oc3ccc(C(=O)OCCCCCCCCOc4ccc(-c5ccc(C#N)cc5)cc4)cc3)cc2C1. The molecule has 8 heteroatoms. The normalized spacial score (nSPS) is 12.3. The number of carbonyl (C=O) groups is 2. The Morgan fingerprint density at radius 2 is 1.35 bits per heavy atom. The first-order valence-electron chi connectivity index (χ1n) is 15.7. The Labute approximate surface area is 270 Å². The molecule has 0 fully saturated rings. The van der Waals surface area contributed by atoms with Crippen LogP contribution in [0.25, 0.3) is 11.1 Å². The molecule has 46 heavy (non-hydrogen) atoms. The van der Waals surface area contributed by atoms with E-state index in [1.54, 1.807) is 42.5 Å². The van der Waals surface area contributed by atoms with Crippen LogP contribution in [0.1, 0.15) is 70.4 Å². The first-order chi connectivity index (χ1) is 22.5. The minimum Gasteiger partial charge on any atom is -0.494 e. The number of nitrogens with zero attached hydrogens (tertiary/aromatic N) is 2. The zero-order valence-corrected chi connectivity index (χ0v) is 26.1. The first kappa shape index (κ1) is 32.3. The van der Waals surface area contributed by atoms with Crippen LogP contribution >= 0.6 is 0 Å². The molecular formula is C38H38N2O6. The molecule has 4 aromatic carbocycles. The third kappa shape index (κ3) is 9.19. The second kappa shape index (κ2) is 16.3. The van der Waals surface area contributed by atoms with Gasteiger partial charge in [0.2, 0.25) is 0 Å². The molecule has 0 amide bonds. The van der Waals surface area contributed by atoms with Gasteiger partial charge in [-0.3, -0.25) is 4.90 Å². The van der Waals surface area contributed by atoms with E-state index in [-0.39, 0.29) is 0 Å². The lowest BCUT2D eigenvalue weighted by atomic mass is 10.0. The minimum absolute atomic E-state index is 0.357. The van der Waals surface area contributed by atoms with Crippen LogP contribution in [0.5, 0.6) is 17.2 Å². The van der Waals surface area contributed by atoms with Gasteiger partial charge < -0.3 is 18.9 Å². The highest BCUT2D eigenvalue weighted by atomic mass is 16.5. The van der Waals surface area contributed by atoms with Gasteiger partial charge in [0.15, 0.2) is 0 Å². The number of nitriles is 1. The van der Waals surface area contributed by atoms with E-state index in [2.05, 4.69) is 6.07 Å². The Bertz CT molecular complexity index is 1640. The van der Waals surface area contributed by atoms with Gasteiger partial charge in [0.25, 0.3) is 0 Å². The van der Waals surface area contributed by atoms with Gasteiger partial charge >= 0.3 is 11.9 Å². The molecular weight excluding hydrogens is 580 g/mol. The number of rotatable bonds is 14. The number of benzene rings is 4. The van der Waals surface area contributed by atoms with E-state index < -0.39 is 11.9 Å². The fourth-order valence-electron chi connectivity index (χ4n) is 5.14. The average molecular weight is 619 g/mol. The van der Waals surface area contributed by atoms with E-state index in [1.165, 1.54) is 0 Å². The predicted octanol–water partition coefficient (Wildman–Crippen LogP) is 7.80. The number of unbranched alkanes of at least 4 members (excludes halogenated alkanes) is 5. The molecule has 0 bridgehead atoms. The van der Waals surface area contributed by atoms with Gasteiger partial charge in [0, 0.05) is 12.1 Å². The van der Waals surface area contributed by atoms with Gasteiger partial charge in [0.05, 0.1) is 36.0 Å². The fraction of sp³-hybridized carbons (Fsp3) is 0.289. The standard InChI is InChI=1S/C38H38N2O6/c1-40-26-33-24-32(16-21-36(33)45-27-40)38(42)46-35-19-14-31(15-20-35)37(41)44-23-7-5-3-2-4-6-22-43-34-17-12-30(13-18-34)29-10-8-28(25-39)9-11-29/h8-21,24H,2-7,22-23,26-27H2,1H3. The Kier molecular flexibility index (Phi) is 11.4. The molecule has 1 aliphatic rings. The summed E-state index contributed by atoms with van der Waals surface area (Å²) in [5.74, 6) is 1.13. The quantitative estimate of drug-likeness (QED) is 0.0802. The molecule has 0 N–H and O–H groups in total. The van der Waals surface area contributed by atoms with Crippen molar-refractivity contribution < 1.29 is 28.5 Å². The average Bonchev–Trinajstić information content (AvgIpc) is 3.09. The van der Waals surface area contributed by atoms with Crippen molar-refractivity contribution >= 4 is 11.9 Å². The summed E-state index contributed by atoms with van der Waals surface area (Å²) in [6, 6.07) is 29.4. The van der Waals surface area contributed by atoms with E-state index in [0.29, 0.717) is 48.9 Å². The molecule has 236 valence electrons. The lowest BCUT2D eigenvalue weighted by molar-refractivity contribution is 0.0497. The lowest BCUT2D eigenvalue weighted by Crippen LogP contribution is -2.28. The molecule has 0 saturated carbocycles. The maximum atomic E-state index is 12.6. The topological polar surface area (TPSA) is 98.1 Å². The summed E-state index contributed by atoms with van der Waals surface area (Å²) < 4.78 is 22.4. The van der Waals surface area contributed by atoms with Crippen molar-refractivity contribution in [1.82, 2.24) is 4.90 Å². The summed E-state index contributed by atoms with van der Waals surface area (Å²) in [7, 11) is 1.95. The van der Waals surface area contributed by atoms with E-state index in [1.807, 2.05) is 60.5 Å². The molecule has 5 rings (SSSR count). The Hall–Kier alpha value is -5.13. The van der Waals surface area contributed by atoms with E-state index in [4.69, 9.17) is 24.2 Å². The largest absolute Gasteiger partial charge is 0.494 e. The number of hydrogen-bond donors (Lipinski definition) is 0. The van der Waals surface area contributed by atoms with Crippen molar-refractivity contribution in [3.63, 3.8) is 0 Å². The van der Waals surface area contributed by atoms with Crippen LogP contribution in [0, 0.1) is 11.3 Å². The van der Waals surface area contributed by atoms with Crippen molar-refractivity contribution in [3.8, 4) is 34.4 Å². The van der Waals surface area contributed by atoms with E-state index in [0.717, 1.165) is 66.7 Å². The number of fused-ring (bicyclic) bond motifs is 1. The summed E-state index contributed by atoms with van der Waals surface area (Å²) in [5, 5.41) is 8.95. The molecule has 1 aliphatic heterocycles. The molecule has 4 aromatic rings. The van der Waals surface area contributed by atoms with Crippen LogP contribution in [-0.4, -0.2) is 43.8 Å². The second-order valence-electron chi connectivity index (χ2n) is 11.3. The zero-order chi connectivity index (χ0) is 32.1. The summed E-state index contributed by atoms with van der Waals surface area (Å²) in [5.41, 5.74) is 4.60. The van der Waals surface area contributed by atoms with Gasteiger partial charge in [-0.05, 0) is 97.7 Å². The third-order valence-corrected chi connectivity index (χ3v) is 7.72. The minimum atomic E-state index is -0.467. The highest BCUT2D eigenvalue weighted by molar-refractivity contribution is 5.92. The van der Waals surface area contributed by atoms with Crippen LogP contribution < -0.4 is 14.2 Å². The van der Waals surface area contributed by atoms with Gasteiger partial charge in [-0.15, -0.1) is 0 Å². The molecule has 0 spiro atoms. The highest BCUT2D eigenvalue weighted by Gasteiger charge is 2.18. The third-order valence-electron chi connectivity index (χ3n) is 7.72. The Morgan fingerprint density at radius 3 is 2.04 bits per heavy atom. The van der Waals surface area contributed by atoms with E-state index >= 15 is 0 Å². The summed E-state index contributed by atoms with van der Waals surface area (Å²) in [4.78, 5) is 27.1. The van der Waals surface area contributed by atoms with E-state index in [9.17, 15) is 9.59 Å². The number of hydrogen-bond acceptors (Lipinski definition) is 8. The maximum Gasteiger partial charge on any atom is 0.343 e. The molecule has 0 radical (unpaired) electrons. The predicted molar refractivity (Wildman–Crippen MR) is 175 cm³/mol. The van der Waals surface area contributed by atoms with Crippen molar-refractivity contribution in [3.05, 3.63) is 113 Å². The molecule has 8 nitrogen and oxygen atoms in total. The van der Waals surface area contributed by atoms with Crippen LogP contribution in [0.15, 0.2) is 91.0 Å². The van der Waals surface area contributed by atoms with Gasteiger partial charge in [-0.1, -0.05) is 49.9 Å². The second-order valence-corrected chi connectivity index (χ2v) is 11.3. The van der Waals surface area contributed by atoms with Crippen LogP contribution in [0.4, 0.5) is 0 Å². The van der Waals surface area contributed by atoms with Gasteiger partial charge in [-0.2, -0.15) is 5.26 Å². The first-order valence-corrected chi connectivity index (χ1v) is 15.7. The highest BCUT2D eigenvalue weighted by Crippen LogP contribution is 2.26. The Balaban J connectivity index is 0.912. The summed E-state index contributed by atoms with van der Waals surface area (Å²) >= 11 is 0. The summed E-state index contributed by atoms with van der Waals surface area (Å²) in [6.45, 7) is 2.26. The fourth-order valence-corrected chi connectivity index (χ4v) is 5.14. The van der Waals surface area contributed by atoms with Crippen molar-refractivity contribution in [1.29, 1.82) is 5.26 Å². The smallest absolute Gasteiger partial charge is 0.343 e. The monoisotopic (exact) mass is 618 g/mol. The number of esters is 2. The molecule has 1 heterocycles. The number of carbonyl (C=O) groups excluding carboxylic acids is 2. The summed E-state index contributed by atoms with van der Waals surface area (Å²) in [6.07, 6.45) is 6.04. The Morgan fingerprint density at radius 1 is 0.739 bits per heavy atom. The van der Waals surface area contributed by atoms with Gasteiger partial charge in [-0.25, -0.2) is 9.59 Å². The van der Waals surface area contributed by atoms with Crippen LogP contribution in [-0.2, 0) is 11.3 Å². The van der Waals surface area contributed by atoms with Crippen molar-refractivity contribution in [2.75, 3.05) is 27.0 Å². The molecule has 0 aliphatic carbocycles. The van der Waals surface area contributed by atoms with Crippen LogP contribution in [0.2, 0.25) is 0 Å².